The van der Waals surface area contributed by atoms with Crippen LogP contribution in [0.15, 0.2) is 12.2 Å². The van der Waals surface area contributed by atoms with E-state index in [1.807, 2.05) is 14.0 Å². The van der Waals surface area contributed by atoms with Gasteiger partial charge in [0.25, 0.3) is 11.8 Å². The van der Waals surface area contributed by atoms with E-state index in [1.165, 1.54) is 17.1 Å². The van der Waals surface area contributed by atoms with Gasteiger partial charge in [0.2, 0.25) is 0 Å². The van der Waals surface area contributed by atoms with Crippen molar-refractivity contribution in [1.29, 1.82) is 0 Å². The Balaban J connectivity index is 2.55. The lowest BCUT2D eigenvalue weighted by Crippen LogP contribution is -2.45. The lowest BCUT2D eigenvalue weighted by atomic mass is 10.2. The van der Waals surface area contributed by atoms with Gasteiger partial charge in [0.1, 0.15) is 0 Å². The Morgan fingerprint density at radius 2 is 1.67 bits per heavy atom. The van der Waals surface area contributed by atoms with Gasteiger partial charge in [-0.2, -0.15) is 0 Å². The normalized spacial score (nSPS) is 18.4. The minimum absolute atomic E-state index is 0.179. The number of carbonyl (C=O) groups is 2. The van der Waals surface area contributed by atoms with Gasteiger partial charge in [0.15, 0.2) is 0 Å². The lowest BCUT2D eigenvalue weighted by Gasteiger charge is -2.30. The van der Waals surface area contributed by atoms with Gasteiger partial charge in [-0.3, -0.25) is 19.4 Å². The molecule has 1 aliphatic heterocycles. The van der Waals surface area contributed by atoms with Gasteiger partial charge < -0.3 is 0 Å². The van der Waals surface area contributed by atoms with Crippen LogP contribution in [0, 0.1) is 0 Å². The maximum Gasteiger partial charge on any atom is 0.253 e. The van der Waals surface area contributed by atoms with E-state index < -0.39 is 0 Å². The van der Waals surface area contributed by atoms with Gasteiger partial charge >= 0.3 is 0 Å². The average Bonchev–Trinajstić information content (AvgIpc) is 2.47. The van der Waals surface area contributed by atoms with E-state index in [9.17, 15) is 9.59 Å². The van der Waals surface area contributed by atoms with Crippen LogP contribution in [0.25, 0.3) is 0 Å². The highest BCUT2D eigenvalue weighted by atomic mass is 16.2. The first-order valence-corrected chi connectivity index (χ1v) is 5.19. The molecule has 0 aliphatic carbocycles. The summed E-state index contributed by atoms with van der Waals surface area (Å²) >= 11 is 0. The molecule has 0 aromatic heterocycles. The summed E-state index contributed by atoms with van der Waals surface area (Å²) in [6.45, 7) is 6.64. The average molecular weight is 210 g/mol. The van der Waals surface area contributed by atoms with Gasteiger partial charge in [-0.25, -0.2) is 0 Å². The molecule has 4 nitrogen and oxygen atoms in total. The molecule has 1 heterocycles. The summed E-state index contributed by atoms with van der Waals surface area (Å²) in [4.78, 5) is 26.0. The van der Waals surface area contributed by atoms with Crippen molar-refractivity contribution in [2.24, 2.45) is 0 Å². The molecule has 0 aromatic carbocycles. The third-order valence-corrected chi connectivity index (χ3v) is 2.86. The number of amides is 2. The summed E-state index contributed by atoms with van der Waals surface area (Å²) in [6, 6.07) is 0.582. The maximum absolute atomic E-state index is 11.3. The third-order valence-electron chi connectivity index (χ3n) is 2.86. The lowest BCUT2D eigenvalue weighted by molar-refractivity contribution is -0.137. The smallest absolute Gasteiger partial charge is 0.253 e. The highest BCUT2D eigenvalue weighted by molar-refractivity contribution is 6.12. The van der Waals surface area contributed by atoms with E-state index in [-0.39, 0.29) is 17.9 Å². The van der Waals surface area contributed by atoms with Crippen molar-refractivity contribution < 1.29 is 9.59 Å². The molecule has 1 atom stereocenters. The van der Waals surface area contributed by atoms with Gasteiger partial charge in [-0.05, 0) is 27.8 Å². The Hall–Kier alpha value is -1.16. The minimum Gasteiger partial charge on any atom is -0.300 e. The quantitative estimate of drug-likeness (QED) is 0.639. The van der Waals surface area contributed by atoms with Crippen LogP contribution in [0.5, 0.6) is 0 Å². The number of hydrogen-bond acceptors (Lipinski definition) is 3. The molecule has 0 N–H and O–H groups in total. The molecule has 0 saturated carbocycles. The monoisotopic (exact) mass is 210 g/mol. The van der Waals surface area contributed by atoms with Crippen LogP contribution in [0.4, 0.5) is 0 Å². The van der Waals surface area contributed by atoms with E-state index >= 15 is 0 Å². The highest BCUT2D eigenvalue weighted by Crippen LogP contribution is 2.08. The molecule has 4 heteroatoms. The van der Waals surface area contributed by atoms with Gasteiger partial charge in [0, 0.05) is 30.8 Å². The third kappa shape index (κ3) is 2.65. The van der Waals surface area contributed by atoms with Crippen molar-refractivity contribution in [2.45, 2.75) is 32.9 Å². The Morgan fingerprint density at radius 3 is 2.07 bits per heavy atom. The predicted molar refractivity (Wildman–Crippen MR) is 58.2 cm³/mol. The zero-order valence-electron chi connectivity index (χ0n) is 9.73. The minimum atomic E-state index is -0.205. The number of nitrogens with zero attached hydrogens (tertiary/aromatic N) is 2. The largest absolute Gasteiger partial charge is 0.300 e. The van der Waals surface area contributed by atoms with E-state index in [0.29, 0.717) is 12.6 Å². The number of hydrogen-bond donors (Lipinski definition) is 0. The van der Waals surface area contributed by atoms with Crippen molar-refractivity contribution in [3.8, 4) is 0 Å². The molecule has 0 bridgehead atoms. The van der Waals surface area contributed by atoms with Gasteiger partial charge in [-0.1, -0.05) is 0 Å². The second kappa shape index (κ2) is 4.57. The summed E-state index contributed by atoms with van der Waals surface area (Å²) in [6.07, 6.45) is 2.65. The Labute approximate surface area is 90.5 Å². The zero-order chi connectivity index (χ0) is 11.6. The predicted octanol–water partition coefficient (Wildman–Crippen LogP) is 0.640. The van der Waals surface area contributed by atoms with E-state index in [0.717, 1.165) is 0 Å². The molecule has 0 spiro atoms. The maximum atomic E-state index is 11.3. The summed E-state index contributed by atoms with van der Waals surface area (Å²) in [5, 5.41) is 0. The van der Waals surface area contributed by atoms with Crippen molar-refractivity contribution in [2.75, 3.05) is 13.6 Å². The van der Waals surface area contributed by atoms with E-state index in [2.05, 4.69) is 18.7 Å². The molecule has 1 unspecified atom stereocenters. The van der Waals surface area contributed by atoms with Crippen LogP contribution in [0.3, 0.4) is 0 Å². The zero-order valence-corrected chi connectivity index (χ0v) is 9.73. The first-order valence-electron chi connectivity index (χ1n) is 5.19. The van der Waals surface area contributed by atoms with Gasteiger partial charge in [-0.15, -0.1) is 0 Å². The SMILES string of the molecule is CC(C)N(C)C(C)CN1C(=O)C=CC1=O. The summed E-state index contributed by atoms with van der Waals surface area (Å²) in [5.41, 5.74) is 0. The molecule has 2 amide bonds. The van der Waals surface area contributed by atoms with Gasteiger partial charge in [0.05, 0.1) is 0 Å². The second-order valence-electron chi connectivity index (χ2n) is 4.23. The number of carbonyl (C=O) groups excluding carboxylic acids is 2. The van der Waals surface area contributed by atoms with Crippen LogP contribution < -0.4 is 0 Å². The topological polar surface area (TPSA) is 40.6 Å². The summed E-state index contributed by atoms with van der Waals surface area (Å²) < 4.78 is 0. The molecule has 0 radical (unpaired) electrons. The molecule has 0 fully saturated rings. The van der Waals surface area contributed by atoms with Crippen molar-refractivity contribution in [1.82, 2.24) is 9.80 Å². The fourth-order valence-corrected chi connectivity index (χ4v) is 1.51. The van der Waals surface area contributed by atoms with Crippen LogP contribution in [-0.4, -0.2) is 47.3 Å². The van der Waals surface area contributed by atoms with Crippen LogP contribution in [-0.2, 0) is 9.59 Å². The van der Waals surface area contributed by atoms with Crippen molar-refractivity contribution in [3.05, 3.63) is 12.2 Å². The van der Waals surface area contributed by atoms with E-state index in [1.54, 1.807) is 0 Å². The first kappa shape index (κ1) is 11.9. The molecule has 1 rings (SSSR count). The van der Waals surface area contributed by atoms with Crippen LogP contribution in [0.2, 0.25) is 0 Å². The van der Waals surface area contributed by atoms with Crippen LogP contribution >= 0.6 is 0 Å². The molecular formula is C11H18N2O2. The molecule has 0 aromatic rings. The highest BCUT2D eigenvalue weighted by Gasteiger charge is 2.26. The number of rotatable bonds is 4. The second-order valence-corrected chi connectivity index (χ2v) is 4.23. The summed E-state index contributed by atoms with van der Waals surface area (Å²) in [7, 11) is 1.99. The van der Waals surface area contributed by atoms with Crippen molar-refractivity contribution in [3.63, 3.8) is 0 Å². The Morgan fingerprint density at radius 1 is 1.20 bits per heavy atom. The fourth-order valence-electron chi connectivity index (χ4n) is 1.51. The molecule has 15 heavy (non-hydrogen) atoms. The Kier molecular flexibility index (Phi) is 3.63. The number of imide groups is 1. The van der Waals surface area contributed by atoms with E-state index in [4.69, 9.17) is 0 Å². The summed E-state index contributed by atoms with van der Waals surface area (Å²) in [5.74, 6) is -0.409. The molecular weight excluding hydrogens is 192 g/mol. The van der Waals surface area contributed by atoms with Crippen molar-refractivity contribution >= 4 is 11.8 Å². The Bertz CT molecular complexity index is 279. The first-order chi connectivity index (χ1) is 6.93. The number of likely N-dealkylation sites (N-methyl/N-ethyl adjacent to an activating group) is 1. The molecule has 0 saturated heterocycles. The van der Waals surface area contributed by atoms with Crippen LogP contribution in [0.1, 0.15) is 20.8 Å². The molecule has 1 aliphatic rings. The molecule has 84 valence electrons. The standard InChI is InChI=1S/C11H18N2O2/c1-8(2)12(4)9(3)7-13-10(14)5-6-11(13)15/h5-6,8-9H,7H2,1-4H3. The fraction of sp³-hybridized carbons (Fsp3) is 0.636.